The van der Waals surface area contributed by atoms with Crippen molar-refractivity contribution in [2.45, 2.75) is 32.2 Å². The molecule has 25 heavy (non-hydrogen) atoms. The first kappa shape index (κ1) is 17.7. The Morgan fingerprint density at radius 3 is 2.40 bits per heavy atom. The molecule has 6 nitrogen and oxygen atoms in total. The Kier molecular flexibility index (Phi) is 5.27. The van der Waals surface area contributed by atoms with E-state index in [1.54, 1.807) is 13.2 Å². The number of hydrogen-bond donors (Lipinski definition) is 1. The average Bonchev–Trinajstić information content (AvgIpc) is 3.07. The Balaban J connectivity index is 1.58. The summed E-state index contributed by atoms with van der Waals surface area (Å²) >= 11 is 0. The third-order valence-corrected chi connectivity index (χ3v) is 5.36. The fraction of sp³-hybridized carbons (Fsp3) is 0.579. The lowest BCUT2D eigenvalue weighted by Gasteiger charge is -2.36. The molecule has 1 saturated heterocycles. The maximum absolute atomic E-state index is 12.7. The number of carbonyl (C=O) groups is 2. The standard InChI is InChI=1S/C19H27N3O3/c1-13-3-4-15(12-17(13)25-2)19(24)22-9-7-21(8-10-22)18(23)14-5-6-16(20)11-14/h3-4,12,14,16H,5-11,20H2,1-2H3. The molecular weight excluding hydrogens is 318 g/mol. The van der Waals surface area contributed by atoms with Gasteiger partial charge in [-0.05, 0) is 43.9 Å². The fourth-order valence-corrected chi connectivity index (χ4v) is 3.76. The Bertz CT molecular complexity index is 653. The Hall–Kier alpha value is -2.08. The predicted molar refractivity (Wildman–Crippen MR) is 95.5 cm³/mol. The van der Waals surface area contributed by atoms with Gasteiger partial charge in [-0.3, -0.25) is 9.59 Å². The van der Waals surface area contributed by atoms with Crippen LogP contribution >= 0.6 is 0 Å². The number of rotatable bonds is 3. The van der Waals surface area contributed by atoms with Gasteiger partial charge >= 0.3 is 0 Å². The summed E-state index contributed by atoms with van der Waals surface area (Å²) in [5.74, 6) is 0.987. The summed E-state index contributed by atoms with van der Waals surface area (Å²) in [4.78, 5) is 29.0. The SMILES string of the molecule is COc1cc(C(=O)N2CCN(C(=O)C3CCC(N)C3)CC2)ccc1C. The molecule has 1 heterocycles. The molecule has 0 aromatic heterocycles. The van der Waals surface area contributed by atoms with Crippen molar-refractivity contribution in [2.75, 3.05) is 33.3 Å². The van der Waals surface area contributed by atoms with Crippen LogP contribution in [0.25, 0.3) is 0 Å². The molecule has 2 aliphatic rings. The van der Waals surface area contributed by atoms with Crippen LogP contribution in [0.5, 0.6) is 5.75 Å². The molecule has 136 valence electrons. The summed E-state index contributed by atoms with van der Waals surface area (Å²) in [5, 5.41) is 0. The van der Waals surface area contributed by atoms with Crippen molar-refractivity contribution in [3.8, 4) is 5.75 Å². The molecule has 1 aliphatic carbocycles. The van der Waals surface area contributed by atoms with E-state index in [1.165, 1.54) is 0 Å². The van der Waals surface area contributed by atoms with E-state index < -0.39 is 0 Å². The van der Waals surface area contributed by atoms with E-state index in [-0.39, 0.29) is 23.8 Å². The van der Waals surface area contributed by atoms with Gasteiger partial charge in [0.1, 0.15) is 5.75 Å². The summed E-state index contributed by atoms with van der Waals surface area (Å²) in [5.41, 5.74) is 7.55. The van der Waals surface area contributed by atoms with Crippen molar-refractivity contribution >= 4 is 11.8 Å². The lowest BCUT2D eigenvalue weighted by atomic mass is 10.1. The van der Waals surface area contributed by atoms with Crippen molar-refractivity contribution in [3.63, 3.8) is 0 Å². The van der Waals surface area contributed by atoms with Crippen LogP contribution in [-0.4, -0.2) is 60.9 Å². The normalized spacial score (nSPS) is 23.6. The quantitative estimate of drug-likeness (QED) is 0.899. The molecule has 2 fully saturated rings. The van der Waals surface area contributed by atoms with Crippen molar-refractivity contribution in [1.29, 1.82) is 0 Å². The molecule has 0 radical (unpaired) electrons. The van der Waals surface area contributed by atoms with Crippen LogP contribution in [0.2, 0.25) is 0 Å². The highest BCUT2D eigenvalue weighted by molar-refractivity contribution is 5.95. The second-order valence-electron chi connectivity index (χ2n) is 7.07. The lowest BCUT2D eigenvalue weighted by molar-refractivity contribution is -0.136. The van der Waals surface area contributed by atoms with E-state index >= 15 is 0 Å². The van der Waals surface area contributed by atoms with E-state index in [1.807, 2.05) is 28.9 Å². The van der Waals surface area contributed by atoms with E-state index in [9.17, 15) is 9.59 Å². The number of carbonyl (C=O) groups excluding carboxylic acids is 2. The van der Waals surface area contributed by atoms with Crippen LogP contribution in [0, 0.1) is 12.8 Å². The van der Waals surface area contributed by atoms with E-state index in [4.69, 9.17) is 10.5 Å². The number of nitrogens with zero attached hydrogens (tertiary/aromatic N) is 2. The predicted octanol–water partition coefficient (Wildman–Crippen LogP) is 1.42. The number of nitrogens with two attached hydrogens (primary N) is 1. The Morgan fingerprint density at radius 1 is 1.12 bits per heavy atom. The molecular formula is C19H27N3O3. The topological polar surface area (TPSA) is 75.9 Å². The monoisotopic (exact) mass is 345 g/mol. The van der Waals surface area contributed by atoms with Crippen LogP contribution in [0.4, 0.5) is 0 Å². The molecule has 2 N–H and O–H groups in total. The van der Waals surface area contributed by atoms with E-state index in [2.05, 4.69) is 0 Å². The molecule has 1 aromatic rings. The highest BCUT2D eigenvalue weighted by Gasteiger charge is 2.33. The maximum Gasteiger partial charge on any atom is 0.254 e. The summed E-state index contributed by atoms with van der Waals surface area (Å²) in [6.07, 6.45) is 2.62. The van der Waals surface area contributed by atoms with Gasteiger partial charge in [-0.15, -0.1) is 0 Å². The Morgan fingerprint density at radius 2 is 1.80 bits per heavy atom. The number of ether oxygens (including phenoxy) is 1. The minimum Gasteiger partial charge on any atom is -0.496 e. The molecule has 1 aromatic carbocycles. The van der Waals surface area contributed by atoms with Crippen LogP contribution in [0.15, 0.2) is 18.2 Å². The summed E-state index contributed by atoms with van der Waals surface area (Å²) in [7, 11) is 1.61. The summed E-state index contributed by atoms with van der Waals surface area (Å²) in [6, 6.07) is 5.68. The van der Waals surface area contributed by atoms with Crippen LogP contribution in [0.1, 0.15) is 35.2 Å². The minimum atomic E-state index is -0.00622. The average molecular weight is 345 g/mol. The second kappa shape index (κ2) is 7.44. The van der Waals surface area contributed by atoms with Gasteiger partial charge in [-0.25, -0.2) is 0 Å². The number of piperazine rings is 1. The molecule has 2 unspecified atom stereocenters. The van der Waals surface area contributed by atoms with E-state index in [0.717, 1.165) is 30.6 Å². The van der Waals surface area contributed by atoms with Gasteiger partial charge < -0.3 is 20.3 Å². The van der Waals surface area contributed by atoms with Crippen molar-refractivity contribution in [3.05, 3.63) is 29.3 Å². The molecule has 3 rings (SSSR count). The van der Waals surface area contributed by atoms with Crippen LogP contribution < -0.4 is 10.5 Å². The van der Waals surface area contributed by atoms with Gasteiger partial charge in [-0.1, -0.05) is 6.07 Å². The second-order valence-corrected chi connectivity index (χ2v) is 7.07. The van der Waals surface area contributed by atoms with Gasteiger partial charge in [0.15, 0.2) is 0 Å². The maximum atomic E-state index is 12.7. The Labute approximate surface area is 148 Å². The first-order valence-corrected chi connectivity index (χ1v) is 8.98. The highest BCUT2D eigenvalue weighted by Crippen LogP contribution is 2.26. The molecule has 0 bridgehead atoms. The smallest absolute Gasteiger partial charge is 0.254 e. The van der Waals surface area contributed by atoms with Crippen LogP contribution in [0.3, 0.4) is 0 Å². The fourth-order valence-electron chi connectivity index (χ4n) is 3.76. The molecule has 0 spiro atoms. The lowest BCUT2D eigenvalue weighted by Crippen LogP contribution is -2.51. The molecule has 2 atom stereocenters. The molecule has 1 saturated carbocycles. The molecule has 1 aliphatic heterocycles. The van der Waals surface area contributed by atoms with Gasteiger partial charge in [-0.2, -0.15) is 0 Å². The number of benzene rings is 1. The van der Waals surface area contributed by atoms with Crippen molar-refractivity contribution < 1.29 is 14.3 Å². The van der Waals surface area contributed by atoms with Crippen LogP contribution in [-0.2, 0) is 4.79 Å². The number of methoxy groups -OCH3 is 1. The van der Waals surface area contributed by atoms with Gasteiger partial charge in [0.25, 0.3) is 5.91 Å². The summed E-state index contributed by atoms with van der Waals surface area (Å²) in [6.45, 7) is 4.28. The summed E-state index contributed by atoms with van der Waals surface area (Å²) < 4.78 is 5.30. The van der Waals surface area contributed by atoms with E-state index in [0.29, 0.717) is 31.7 Å². The molecule has 6 heteroatoms. The number of aryl methyl sites for hydroxylation is 1. The first-order chi connectivity index (χ1) is 12.0. The zero-order valence-corrected chi connectivity index (χ0v) is 15.0. The van der Waals surface area contributed by atoms with Crippen molar-refractivity contribution in [1.82, 2.24) is 9.80 Å². The first-order valence-electron chi connectivity index (χ1n) is 8.98. The number of amides is 2. The van der Waals surface area contributed by atoms with Gasteiger partial charge in [0.2, 0.25) is 5.91 Å². The third-order valence-electron chi connectivity index (χ3n) is 5.36. The van der Waals surface area contributed by atoms with Crippen molar-refractivity contribution in [2.24, 2.45) is 11.7 Å². The third kappa shape index (κ3) is 3.79. The van der Waals surface area contributed by atoms with Gasteiger partial charge in [0, 0.05) is 43.7 Å². The largest absolute Gasteiger partial charge is 0.496 e. The molecule has 2 amide bonds. The zero-order valence-electron chi connectivity index (χ0n) is 15.0. The van der Waals surface area contributed by atoms with Gasteiger partial charge in [0.05, 0.1) is 7.11 Å². The zero-order chi connectivity index (χ0) is 18.0. The highest BCUT2D eigenvalue weighted by atomic mass is 16.5. The minimum absolute atomic E-state index is 0.00622. The number of hydrogen-bond acceptors (Lipinski definition) is 4.